The Bertz CT molecular complexity index is 433. The highest BCUT2D eigenvalue weighted by Gasteiger charge is 2.33. The third kappa shape index (κ3) is 2.83. The molecule has 18 heavy (non-hydrogen) atoms. The molecule has 0 aromatic carbocycles. The normalized spacial score (nSPS) is 22.3. The Morgan fingerprint density at radius 2 is 2.28 bits per heavy atom. The summed E-state index contributed by atoms with van der Waals surface area (Å²) >= 11 is 1.75. The molecule has 2 nitrogen and oxygen atoms in total. The maximum atomic E-state index is 12.4. The molecule has 0 unspecified atom stereocenters. The van der Waals surface area contributed by atoms with Crippen molar-refractivity contribution in [1.82, 2.24) is 4.90 Å². The Kier molecular flexibility index (Phi) is 3.50. The van der Waals surface area contributed by atoms with Crippen LogP contribution in [0.2, 0.25) is 0 Å². The Morgan fingerprint density at radius 3 is 2.89 bits per heavy atom. The van der Waals surface area contributed by atoms with E-state index in [0.29, 0.717) is 24.3 Å². The molecule has 96 valence electrons. The minimum Gasteiger partial charge on any atom is -0.335 e. The van der Waals surface area contributed by atoms with Gasteiger partial charge in [0.2, 0.25) is 5.91 Å². The van der Waals surface area contributed by atoms with Gasteiger partial charge in [0.05, 0.1) is 6.54 Å². The average molecular weight is 261 g/mol. The van der Waals surface area contributed by atoms with Gasteiger partial charge >= 0.3 is 0 Å². The van der Waals surface area contributed by atoms with Gasteiger partial charge in [0.15, 0.2) is 0 Å². The van der Waals surface area contributed by atoms with E-state index in [1.54, 1.807) is 11.3 Å². The van der Waals surface area contributed by atoms with Crippen LogP contribution < -0.4 is 0 Å². The number of hydrogen-bond donors (Lipinski definition) is 0. The SMILES string of the molecule is O=C(C[C@H]1C=CCC1)N(Cc1cccs1)C1CC1. The molecule has 0 saturated heterocycles. The van der Waals surface area contributed by atoms with Crippen molar-refractivity contribution in [2.75, 3.05) is 0 Å². The van der Waals surface area contributed by atoms with Gasteiger partial charge in [0, 0.05) is 17.3 Å². The summed E-state index contributed by atoms with van der Waals surface area (Å²) in [5.74, 6) is 0.838. The van der Waals surface area contributed by atoms with E-state index in [2.05, 4.69) is 34.6 Å². The summed E-state index contributed by atoms with van der Waals surface area (Å²) in [6.45, 7) is 0.817. The molecule has 0 N–H and O–H groups in total. The van der Waals surface area contributed by atoms with Gasteiger partial charge < -0.3 is 4.90 Å². The van der Waals surface area contributed by atoms with Crippen molar-refractivity contribution in [3.05, 3.63) is 34.5 Å². The van der Waals surface area contributed by atoms with E-state index in [9.17, 15) is 4.79 Å². The first-order valence-electron chi connectivity index (χ1n) is 6.81. The highest BCUT2D eigenvalue weighted by molar-refractivity contribution is 7.09. The van der Waals surface area contributed by atoms with E-state index in [0.717, 1.165) is 19.4 Å². The first kappa shape index (κ1) is 12.0. The Morgan fingerprint density at radius 1 is 1.39 bits per heavy atom. The summed E-state index contributed by atoms with van der Waals surface area (Å²) in [5, 5.41) is 2.09. The molecular weight excluding hydrogens is 242 g/mol. The lowest BCUT2D eigenvalue weighted by Crippen LogP contribution is -2.33. The predicted octanol–water partition coefficient (Wildman–Crippen LogP) is 3.60. The van der Waals surface area contributed by atoms with Crippen LogP contribution >= 0.6 is 11.3 Å². The van der Waals surface area contributed by atoms with E-state index < -0.39 is 0 Å². The number of amides is 1. The Hall–Kier alpha value is -1.09. The number of nitrogens with zero attached hydrogens (tertiary/aromatic N) is 1. The van der Waals surface area contributed by atoms with E-state index >= 15 is 0 Å². The fourth-order valence-corrected chi connectivity index (χ4v) is 3.29. The summed E-state index contributed by atoms with van der Waals surface area (Å²) in [5.41, 5.74) is 0. The second-order valence-electron chi connectivity index (χ2n) is 5.30. The summed E-state index contributed by atoms with van der Waals surface area (Å²) in [6, 6.07) is 4.71. The molecule has 1 heterocycles. The number of carbonyl (C=O) groups is 1. The van der Waals surface area contributed by atoms with Gasteiger partial charge in [0.25, 0.3) is 0 Å². The molecule has 2 aliphatic carbocycles. The third-order valence-corrected chi connectivity index (χ3v) is 4.62. The van der Waals surface area contributed by atoms with Crippen LogP contribution in [0.5, 0.6) is 0 Å². The number of rotatable bonds is 5. The van der Waals surface area contributed by atoms with Gasteiger partial charge in [0.1, 0.15) is 0 Å². The molecule has 2 aliphatic rings. The number of allylic oxidation sites excluding steroid dienone is 2. The van der Waals surface area contributed by atoms with Crippen molar-refractivity contribution in [2.45, 2.75) is 44.7 Å². The fraction of sp³-hybridized carbons (Fsp3) is 0.533. The zero-order valence-electron chi connectivity index (χ0n) is 10.5. The number of hydrogen-bond acceptors (Lipinski definition) is 2. The van der Waals surface area contributed by atoms with Crippen molar-refractivity contribution >= 4 is 17.2 Å². The summed E-state index contributed by atoms with van der Waals surface area (Å²) in [7, 11) is 0. The third-order valence-electron chi connectivity index (χ3n) is 3.76. The van der Waals surface area contributed by atoms with E-state index in [1.807, 2.05) is 0 Å². The predicted molar refractivity (Wildman–Crippen MR) is 74.4 cm³/mol. The topological polar surface area (TPSA) is 20.3 Å². The first-order valence-corrected chi connectivity index (χ1v) is 7.69. The zero-order valence-corrected chi connectivity index (χ0v) is 11.4. The van der Waals surface area contributed by atoms with Gasteiger partial charge in [-0.1, -0.05) is 18.2 Å². The molecule has 1 aromatic rings. The van der Waals surface area contributed by atoms with Crippen LogP contribution in [0.15, 0.2) is 29.7 Å². The molecule has 0 spiro atoms. The monoisotopic (exact) mass is 261 g/mol. The van der Waals surface area contributed by atoms with Crippen molar-refractivity contribution in [3.8, 4) is 0 Å². The molecule has 0 bridgehead atoms. The molecule has 0 aliphatic heterocycles. The van der Waals surface area contributed by atoms with Crippen molar-refractivity contribution in [2.24, 2.45) is 5.92 Å². The van der Waals surface area contributed by atoms with Gasteiger partial charge in [-0.2, -0.15) is 0 Å². The molecule has 1 saturated carbocycles. The average Bonchev–Trinajstić information content (AvgIpc) is 2.87. The van der Waals surface area contributed by atoms with Crippen molar-refractivity contribution < 1.29 is 4.79 Å². The maximum Gasteiger partial charge on any atom is 0.223 e. The van der Waals surface area contributed by atoms with E-state index in [-0.39, 0.29) is 0 Å². The van der Waals surface area contributed by atoms with E-state index in [1.165, 1.54) is 17.7 Å². The second kappa shape index (κ2) is 5.27. The smallest absolute Gasteiger partial charge is 0.223 e. The fourth-order valence-electron chi connectivity index (χ4n) is 2.58. The Balaban J connectivity index is 1.61. The Labute approximate surface area is 112 Å². The molecule has 3 rings (SSSR count). The first-order chi connectivity index (χ1) is 8.83. The van der Waals surface area contributed by atoms with Crippen molar-refractivity contribution in [1.29, 1.82) is 0 Å². The standard InChI is InChI=1S/C15H19NOS/c17-15(10-12-4-1-2-5-12)16(13-7-8-13)11-14-6-3-9-18-14/h1,3-4,6,9,12-13H,2,5,7-8,10-11H2/t12-/m0/s1. The summed E-state index contributed by atoms with van der Waals surface area (Å²) in [4.78, 5) is 15.8. The largest absolute Gasteiger partial charge is 0.335 e. The lowest BCUT2D eigenvalue weighted by Gasteiger charge is -2.23. The van der Waals surface area contributed by atoms with Crippen LogP contribution in [0.4, 0.5) is 0 Å². The molecule has 0 radical (unpaired) electrons. The molecule has 1 fully saturated rings. The molecular formula is C15H19NOS. The molecule has 3 heteroatoms. The highest BCUT2D eigenvalue weighted by atomic mass is 32.1. The zero-order chi connectivity index (χ0) is 12.4. The number of carbonyl (C=O) groups excluding carboxylic acids is 1. The van der Waals surface area contributed by atoms with Crippen LogP contribution in [-0.2, 0) is 11.3 Å². The van der Waals surface area contributed by atoms with Gasteiger partial charge in [-0.3, -0.25) is 4.79 Å². The lowest BCUT2D eigenvalue weighted by molar-refractivity contribution is -0.133. The quantitative estimate of drug-likeness (QED) is 0.742. The molecule has 1 atom stereocenters. The summed E-state index contributed by atoms with van der Waals surface area (Å²) < 4.78 is 0. The second-order valence-corrected chi connectivity index (χ2v) is 6.33. The van der Waals surface area contributed by atoms with E-state index in [4.69, 9.17) is 0 Å². The van der Waals surface area contributed by atoms with Crippen LogP contribution in [0.1, 0.15) is 37.0 Å². The molecule has 1 aromatic heterocycles. The summed E-state index contributed by atoms with van der Waals surface area (Å²) in [6.07, 6.45) is 9.82. The van der Waals surface area contributed by atoms with Gasteiger partial charge in [-0.05, 0) is 43.0 Å². The minimum absolute atomic E-state index is 0.349. The molecule has 1 amide bonds. The lowest BCUT2D eigenvalue weighted by atomic mass is 10.0. The van der Waals surface area contributed by atoms with Crippen LogP contribution in [0, 0.1) is 5.92 Å². The van der Waals surface area contributed by atoms with Gasteiger partial charge in [-0.25, -0.2) is 0 Å². The van der Waals surface area contributed by atoms with Gasteiger partial charge in [-0.15, -0.1) is 11.3 Å². The number of thiophene rings is 1. The van der Waals surface area contributed by atoms with Crippen LogP contribution in [0.3, 0.4) is 0 Å². The highest BCUT2D eigenvalue weighted by Crippen LogP contribution is 2.31. The van der Waals surface area contributed by atoms with Crippen LogP contribution in [0.25, 0.3) is 0 Å². The van der Waals surface area contributed by atoms with Crippen molar-refractivity contribution in [3.63, 3.8) is 0 Å². The van der Waals surface area contributed by atoms with Crippen LogP contribution in [-0.4, -0.2) is 16.8 Å². The maximum absolute atomic E-state index is 12.4. The minimum atomic E-state index is 0.349.